The predicted molar refractivity (Wildman–Crippen MR) is 111 cm³/mol. The molecule has 0 aromatic heterocycles. The smallest absolute Gasteiger partial charge is 0.125 e. The lowest BCUT2D eigenvalue weighted by Crippen LogP contribution is -2.04. The first-order chi connectivity index (χ1) is 12.9. The van der Waals surface area contributed by atoms with Gasteiger partial charge in [-0.2, -0.15) is 0 Å². The number of aliphatic hydroxyl groups is 2. The molecule has 0 atom stereocenters. The fourth-order valence-corrected chi connectivity index (χ4v) is 3.33. The summed E-state index contributed by atoms with van der Waals surface area (Å²) in [5.74, 6) is 1.69. The number of hydrogen-bond acceptors (Lipinski definition) is 4. The van der Waals surface area contributed by atoms with Crippen LogP contribution in [0.4, 0.5) is 0 Å². The number of hydrogen-bond donors (Lipinski definition) is 2. The third-order valence-corrected chi connectivity index (χ3v) is 4.46. The molecule has 0 saturated heterocycles. The lowest BCUT2D eigenvalue weighted by molar-refractivity contribution is 0.200. The molecule has 0 amide bonds. The molecule has 2 aromatic rings. The van der Waals surface area contributed by atoms with Gasteiger partial charge in [-0.1, -0.05) is 6.08 Å². The Bertz CT molecular complexity index is 775. The van der Waals surface area contributed by atoms with Crippen molar-refractivity contribution in [2.45, 2.75) is 34.6 Å². The van der Waals surface area contributed by atoms with Gasteiger partial charge in [0, 0.05) is 0 Å². The summed E-state index contributed by atoms with van der Waals surface area (Å²) < 4.78 is 11.3. The Morgan fingerprint density at radius 1 is 0.778 bits per heavy atom. The van der Waals surface area contributed by atoms with Crippen molar-refractivity contribution in [1.29, 1.82) is 0 Å². The zero-order chi connectivity index (χ0) is 20.0. The second-order valence-corrected chi connectivity index (χ2v) is 6.89. The van der Waals surface area contributed by atoms with Crippen molar-refractivity contribution in [1.82, 2.24) is 0 Å². The van der Waals surface area contributed by atoms with E-state index in [9.17, 15) is 0 Å². The van der Waals surface area contributed by atoms with Gasteiger partial charge in [0.25, 0.3) is 0 Å². The van der Waals surface area contributed by atoms with Crippen LogP contribution in [0, 0.1) is 27.7 Å². The Balaban J connectivity index is 2.32. The van der Waals surface area contributed by atoms with Gasteiger partial charge < -0.3 is 19.7 Å². The largest absolute Gasteiger partial charge is 0.491 e. The number of allylic oxidation sites excluding steroid dienone is 1. The van der Waals surface area contributed by atoms with Crippen molar-refractivity contribution < 1.29 is 19.7 Å². The fourth-order valence-electron chi connectivity index (χ4n) is 3.33. The zero-order valence-corrected chi connectivity index (χ0v) is 16.9. The third kappa shape index (κ3) is 5.34. The molecule has 0 saturated carbocycles. The normalized spacial score (nSPS) is 11.6. The molecule has 2 N–H and O–H groups in total. The van der Waals surface area contributed by atoms with Gasteiger partial charge >= 0.3 is 0 Å². The lowest BCUT2D eigenvalue weighted by Gasteiger charge is -2.15. The van der Waals surface area contributed by atoms with Crippen LogP contribution in [-0.4, -0.2) is 36.6 Å². The summed E-state index contributed by atoms with van der Waals surface area (Å²) >= 11 is 0. The van der Waals surface area contributed by atoms with Crippen molar-refractivity contribution in [2.75, 3.05) is 26.4 Å². The minimum absolute atomic E-state index is 0.0102. The molecule has 2 aromatic carbocycles. The summed E-state index contributed by atoms with van der Waals surface area (Å²) in [6.07, 6.45) is 2.16. The second-order valence-electron chi connectivity index (χ2n) is 6.89. The van der Waals surface area contributed by atoms with Crippen LogP contribution in [0.2, 0.25) is 0 Å². The maximum absolute atomic E-state index is 8.97. The quantitative estimate of drug-likeness (QED) is 0.683. The fraction of sp³-hybridized carbons (Fsp3) is 0.391. The van der Waals surface area contributed by atoms with Crippen molar-refractivity contribution in [2.24, 2.45) is 0 Å². The van der Waals surface area contributed by atoms with Gasteiger partial charge in [0.2, 0.25) is 0 Å². The van der Waals surface area contributed by atoms with E-state index in [1.165, 1.54) is 0 Å². The van der Waals surface area contributed by atoms with Gasteiger partial charge in [-0.3, -0.25) is 0 Å². The molecule has 0 bridgehead atoms. The molecule has 0 spiro atoms. The Labute approximate surface area is 162 Å². The van der Waals surface area contributed by atoms with Crippen LogP contribution in [0.5, 0.6) is 11.5 Å². The van der Waals surface area contributed by atoms with Crippen LogP contribution in [0.15, 0.2) is 24.3 Å². The van der Waals surface area contributed by atoms with E-state index in [0.29, 0.717) is 13.2 Å². The molecule has 0 radical (unpaired) electrons. The average Bonchev–Trinajstić information content (AvgIpc) is 2.60. The molecule has 0 fully saturated rings. The van der Waals surface area contributed by atoms with Crippen molar-refractivity contribution in [3.05, 3.63) is 57.6 Å². The molecular formula is C23H30O4. The molecule has 27 heavy (non-hydrogen) atoms. The summed E-state index contributed by atoms with van der Waals surface area (Å²) in [6.45, 7) is 10.8. The first kappa shape index (κ1) is 21.0. The molecule has 4 nitrogen and oxygen atoms in total. The Kier molecular flexibility index (Phi) is 7.45. The van der Waals surface area contributed by atoms with Gasteiger partial charge in [0.1, 0.15) is 24.7 Å². The molecule has 4 heteroatoms. The molecule has 0 aliphatic heterocycles. The number of benzene rings is 2. The summed E-state index contributed by atoms with van der Waals surface area (Å²) in [7, 11) is 0. The number of aliphatic hydroxyl groups excluding tert-OH is 2. The maximum atomic E-state index is 8.97. The van der Waals surface area contributed by atoms with E-state index in [1.807, 2.05) is 27.7 Å². The first-order valence-corrected chi connectivity index (χ1v) is 9.25. The number of aryl methyl sites for hydroxylation is 4. The average molecular weight is 370 g/mol. The highest BCUT2D eigenvalue weighted by molar-refractivity contribution is 5.81. The molecule has 0 heterocycles. The summed E-state index contributed by atoms with van der Waals surface area (Å²) in [4.78, 5) is 0. The van der Waals surface area contributed by atoms with E-state index in [1.54, 1.807) is 0 Å². The zero-order valence-electron chi connectivity index (χ0n) is 16.9. The molecule has 0 aliphatic rings. The van der Waals surface area contributed by atoms with Gasteiger partial charge in [-0.05, 0) is 97.8 Å². The SMILES string of the molecule is C/C(=C\c1cc(C)c(OCCO)c(C)c1)c1cc(C)c(OCCO)c(C)c1. The summed E-state index contributed by atoms with van der Waals surface area (Å²) in [5, 5.41) is 17.9. The lowest BCUT2D eigenvalue weighted by atomic mass is 9.97. The van der Waals surface area contributed by atoms with Crippen LogP contribution in [-0.2, 0) is 0 Å². The van der Waals surface area contributed by atoms with Crippen LogP contribution in [0.25, 0.3) is 11.6 Å². The third-order valence-electron chi connectivity index (χ3n) is 4.46. The Hall–Kier alpha value is -2.30. The second kappa shape index (κ2) is 9.58. The van der Waals surface area contributed by atoms with E-state index < -0.39 is 0 Å². The topological polar surface area (TPSA) is 58.9 Å². The minimum Gasteiger partial charge on any atom is -0.491 e. The van der Waals surface area contributed by atoms with E-state index in [2.05, 4.69) is 37.3 Å². The summed E-state index contributed by atoms with van der Waals surface area (Å²) in [6, 6.07) is 8.43. The van der Waals surface area contributed by atoms with E-state index in [0.717, 1.165) is 50.5 Å². The maximum Gasteiger partial charge on any atom is 0.125 e. The van der Waals surface area contributed by atoms with E-state index >= 15 is 0 Å². The first-order valence-electron chi connectivity index (χ1n) is 9.25. The van der Waals surface area contributed by atoms with Crippen molar-refractivity contribution in [3.63, 3.8) is 0 Å². The highest BCUT2D eigenvalue weighted by atomic mass is 16.5. The molecule has 0 unspecified atom stereocenters. The van der Waals surface area contributed by atoms with Crippen LogP contribution >= 0.6 is 0 Å². The van der Waals surface area contributed by atoms with E-state index in [-0.39, 0.29) is 13.2 Å². The van der Waals surface area contributed by atoms with Gasteiger partial charge in [0.15, 0.2) is 0 Å². The molecule has 146 valence electrons. The predicted octanol–water partition coefficient (Wildman–Crippen LogP) is 4.22. The van der Waals surface area contributed by atoms with Gasteiger partial charge in [-0.15, -0.1) is 0 Å². The van der Waals surface area contributed by atoms with Crippen molar-refractivity contribution in [3.8, 4) is 11.5 Å². The number of rotatable bonds is 8. The molecule has 0 aliphatic carbocycles. The van der Waals surface area contributed by atoms with E-state index in [4.69, 9.17) is 19.7 Å². The van der Waals surface area contributed by atoms with Crippen LogP contribution in [0.1, 0.15) is 40.3 Å². The standard InChI is InChI=1S/C23H30O4/c1-15(21-13-18(4)23(19(5)14-21)27-9-7-25)10-20-11-16(2)22(17(3)12-20)26-8-6-24/h10-14,24-25H,6-9H2,1-5H3/b15-10+. The monoisotopic (exact) mass is 370 g/mol. The highest BCUT2D eigenvalue weighted by Crippen LogP contribution is 2.30. The highest BCUT2D eigenvalue weighted by Gasteiger charge is 2.09. The number of ether oxygens (including phenoxy) is 2. The van der Waals surface area contributed by atoms with Gasteiger partial charge in [0.05, 0.1) is 13.2 Å². The molecule has 2 rings (SSSR count). The van der Waals surface area contributed by atoms with Crippen LogP contribution < -0.4 is 9.47 Å². The Morgan fingerprint density at radius 2 is 1.19 bits per heavy atom. The minimum atomic E-state index is 0.0102. The molecular weight excluding hydrogens is 340 g/mol. The van der Waals surface area contributed by atoms with Crippen LogP contribution in [0.3, 0.4) is 0 Å². The Morgan fingerprint density at radius 3 is 1.59 bits per heavy atom. The summed E-state index contributed by atoms with van der Waals surface area (Å²) in [5.41, 5.74) is 7.67. The van der Waals surface area contributed by atoms with Gasteiger partial charge in [-0.25, -0.2) is 0 Å². The van der Waals surface area contributed by atoms with Crippen molar-refractivity contribution >= 4 is 11.6 Å².